The highest BCUT2D eigenvalue weighted by Gasteiger charge is 2.62. The first-order chi connectivity index (χ1) is 10.1. The smallest absolute Gasteiger partial charge is 0.119 e. The Morgan fingerprint density at radius 3 is 3.00 bits per heavy atom. The second-order valence-corrected chi connectivity index (χ2v) is 7.11. The Bertz CT molecular complexity index is 572. The van der Waals surface area contributed by atoms with Crippen LogP contribution in [-0.2, 0) is 16.6 Å². The molecule has 114 valence electrons. The van der Waals surface area contributed by atoms with Gasteiger partial charge in [-0.25, -0.2) is 0 Å². The number of fused-ring (bicyclic) bond motifs is 1. The molecule has 3 heteroatoms. The first-order valence-electron chi connectivity index (χ1n) is 8.12. The van der Waals surface area contributed by atoms with Gasteiger partial charge in [-0.15, -0.1) is 0 Å². The van der Waals surface area contributed by atoms with E-state index in [4.69, 9.17) is 9.47 Å². The average Bonchev–Trinajstić information content (AvgIpc) is 2.50. The number of likely N-dealkylation sites (N-methyl/N-ethyl adjacent to an activating group) is 1. The highest BCUT2D eigenvalue weighted by molar-refractivity contribution is 5.48. The molecule has 0 amide bonds. The zero-order chi connectivity index (χ0) is 14.7. The molecule has 2 heterocycles. The van der Waals surface area contributed by atoms with Crippen LogP contribution >= 0.6 is 0 Å². The van der Waals surface area contributed by atoms with Crippen LogP contribution in [0, 0.1) is 0 Å². The van der Waals surface area contributed by atoms with Gasteiger partial charge in [-0.05, 0) is 69.5 Å². The molecule has 0 saturated carbocycles. The fraction of sp³-hybridized carbons (Fsp3) is 0.667. The molecule has 3 nitrogen and oxygen atoms in total. The molecule has 0 radical (unpaired) electrons. The Balaban J connectivity index is 1.94. The van der Waals surface area contributed by atoms with E-state index in [1.807, 2.05) is 0 Å². The van der Waals surface area contributed by atoms with E-state index in [0.717, 1.165) is 18.8 Å². The molecule has 0 N–H and O–H groups in total. The SMILES string of the molecule is COc1ccc2c(c1)[C@@]13CCCO[C@@]1(C)[C@@H](C2)N(C)CC3. The van der Waals surface area contributed by atoms with Gasteiger partial charge >= 0.3 is 0 Å². The van der Waals surface area contributed by atoms with E-state index in [-0.39, 0.29) is 11.0 Å². The van der Waals surface area contributed by atoms with E-state index in [0.29, 0.717) is 6.04 Å². The van der Waals surface area contributed by atoms with Crippen molar-refractivity contribution in [1.29, 1.82) is 0 Å². The maximum atomic E-state index is 6.45. The number of ether oxygens (including phenoxy) is 2. The quantitative estimate of drug-likeness (QED) is 0.793. The second kappa shape index (κ2) is 4.47. The summed E-state index contributed by atoms with van der Waals surface area (Å²) in [6, 6.07) is 7.16. The lowest BCUT2D eigenvalue weighted by Crippen LogP contribution is -2.71. The summed E-state index contributed by atoms with van der Waals surface area (Å²) in [4.78, 5) is 2.51. The Hall–Kier alpha value is -1.06. The summed E-state index contributed by atoms with van der Waals surface area (Å²) < 4.78 is 11.9. The maximum Gasteiger partial charge on any atom is 0.119 e. The van der Waals surface area contributed by atoms with Crippen molar-refractivity contribution in [2.75, 3.05) is 27.3 Å². The maximum absolute atomic E-state index is 6.45. The first kappa shape index (κ1) is 13.6. The standard InChI is InChI=1S/C18H25NO2/c1-17-16-11-13-5-6-14(20-3)12-15(13)18(17,7-4-10-21-17)8-9-19(16)2/h5-6,12,16H,4,7-11H2,1-3H3/t16-,17+,18+/m1/s1. The van der Waals surface area contributed by atoms with E-state index in [9.17, 15) is 0 Å². The van der Waals surface area contributed by atoms with E-state index in [1.54, 1.807) is 7.11 Å². The van der Waals surface area contributed by atoms with Gasteiger partial charge in [0.05, 0.1) is 12.7 Å². The van der Waals surface area contributed by atoms with Crippen molar-refractivity contribution in [3.8, 4) is 5.75 Å². The molecule has 0 aromatic heterocycles. The molecule has 2 saturated heterocycles. The third-order valence-corrected chi connectivity index (χ3v) is 6.41. The van der Waals surface area contributed by atoms with Crippen LogP contribution in [0.1, 0.15) is 37.3 Å². The number of methoxy groups -OCH3 is 1. The topological polar surface area (TPSA) is 21.7 Å². The normalized spacial score (nSPS) is 38.5. The van der Waals surface area contributed by atoms with Gasteiger partial charge in [0, 0.05) is 18.1 Å². The summed E-state index contributed by atoms with van der Waals surface area (Å²) in [6.07, 6.45) is 4.70. The van der Waals surface area contributed by atoms with Gasteiger partial charge in [0.2, 0.25) is 0 Å². The predicted octanol–water partition coefficient (Wildman–Crippen LogP) is 2.76. The Morgan fingerprint density at radius 1 is 1.33 bits per heavy atom. The van der Waals surface area contributed by atoms with Crippen molar-refractivity contribution in [2.45, 2.75) is 49.7 Å². The van der Waals surface area contributed by atoms with Crippen molar-refractivity contribution in [1.82, 2.24) is 4.90 Å². The third-order valence-electron chi connectivity index (χ3n) is 6.41. The van der Waals surface area contributed by atoms with Crippen LogP contribution in [0.25, 0.3) is 0 Å². The molecule has 3 aliphatic rings. The summed E-state index contributed by atoms with van der Waals surface area (Å²) in [5.41, 5.74) is 3.10. The number of likely N-dealkylation sites (tertiary alicyclic amines) is 1. The van der Waals surface area contributed by atoms with Gasteiger partial charge in [-0.3, -0.25) is 0 Å². The van der Waals surface area contributed by atoms with Crippen molar-refractivity contribution in [3.63, 3.8) is 0 Å². The summed E-state index contributed by atoms with van der Waals surface area (Å²) in [6.45, 7) is 4.43. The summed E-state index contributed by atoms with van der Waals surface area (Å²) >= 11 is 0. The van der Waals surface area contributed by atoms with Crippen LogP contribution in [0.5, 0.6) is 5.75 Å². The highest BCUT2D eigenvalue weighted by Crippen LogP contribution is 2.57. The molecule has 2 bridgehead atoms. The fourth-order valence-electron chi connectivity index (χ4n) is 5.18. The van der Waals surface area contributed by atoms with Crippen molar-refractivity contribution < 1.29 is 9.47 Å². The number of hydrogen-bond acceptors (Lipinski definition) is 3. The number of hydrogen-bond donors (Lipinski definition) is 0. The Kier molecular flexibility index (Phi) is 2.89. The largest absolute Gasteiger partial charge is 0.497 e. The third kappa shape index (κ3) is 1.62. The van der Waals surface area contributed by atoms with Crippen molar-refractivity contribution in [3.05, 3.63) is 29.3 Å². The monoisotopic (exact) mass is 287 g/mol. The molecule has 1 aromatic carbocycles. The number of piperidine rings is 1. The highest BCUT2D eigenvalue weighted by atomic mass is 16.5. The minimum Gasteiger partial charge on any atom is -0.497 e. The fourth-order valence-corrected chi connectivity index (χ4v) is 5.18. The predicted molar refractivity (Wildman–Crippen MR) is 83.0 cm³/mol. The van der Waals surface area contributed by atoms with E-state index >= 15 is 0 Å². The molecule has 2 fully saturated rings. The van der Waals surface area contributed by atoms with Crippen molar-refractivity contribution in [2.24, 2.45) is 0 Å². The molecule has 1 aliphatic carbocycles. The number of nitrogens with zero attached hydrogens (tertiary/aromatic N) is 1. The van der Waals surface area contributed by atoms with E-state index < -0.39 is 0 Å². The minimum atomic E-state index is -0.0579. The molecule has 1 aromatic rings. The van der Waals surface area contributed by atoms with E-state index in [2.05, 4.69) is 37.1 Å². The van der Waals surface area contributed by atoms with Crippen LogP contribution in [-0.4, -0.2) is 43.9 Å². The molecular weight excluding hydrogens is 262 g/mol. The van der Waals surface area contributed by atoms with Crippen LogP contribution in [0.4, 0.5) is 0 Å². The zero-order valence-electron chi connectivity index (χ0n) is 13.3. The number of rotatable bonds is 1. The van der Waals surface area contributed by atoms with Crippen LogP contribution in [0.3, 0.4) is 0 Å². The van der Waals surface area contributed by atoms with Gasteiger partial charge < -0.3 is 14.4 Å². The number of benzene rings is 1. The van der Waals surface area contributed by atoms with Crippen LogP contribution in [0.2, 0.25) is 0 Å². The first-order valence-corrected chi connectivity index (χ1v) is 8.12. The minimum absolute atomic E-state index is 0.0579. The Labute approximate surface area is 127 Å². The molecule has 3 atom stereocenters. The second-order valence-electron chi connectivity index (χ2n) is 7.11. The van der Waals surface area contributed by atoms with Gasteiger partial charge in [-0.2, -0.15) is 0 Å². The van der Waals surface area contributed by atoms with Gasteiger partial charge in [0.15, 0.2) is 0 Å². The lowest BCUT2D eigenvalue weighted by Gasteiger charge is -2.64. The summed E-state index contributed by atoms with van der Waals surface area (Å²) in [5.74, 6) is 0.980. The van der Waals surface area contributed by atoms with Crippen molar-refractivity contribution >= 4 is 0 Å². The van der Waals surface area contributed by atoms with Gasteiger partial charge in [-0.1, -0.05) is 6.07 Å². The van der Waals surface area contributed by atoms with Crippen LogP contribution < -0.4 is 4.74 Å². The summed E-state index contributed by atoms with van der Waals surface area (Å²) in [7, 11) is 4.02. The Morgan fingerprint density at radius 2 is 2.19 bits per heavy atom. The van der Waals surface area contributed by atoms with E-state index in [1.165, 1.54) is 36.9 Å². The van der Waals surface area contributed by atoms with Crippen LogP contribution in [0.15, 0.2) is 18.2 Å². The molecular formula is C18H25NO2. The lowest BCUT2D eigenvalue weighted by molar-refractivity contribution is -0.193. The molecule has 2 aliphatic heterocycles. The average molecular weight is 287 g/mol. The molecule has 0 spiro atoms. The van der Waals surface area contributed by atoms with Gasteiger partial charge in [0.25, 0.3) is 0 Å². The zero-order valence-corrected chi connectivity index (χ0v) is 13.3. The molecule has 4 rings (SSSR count). The molecule has 0 unspecified atom stereocenters. The lowest BCUT2D eigenvalue weighted by atomic mass is 9.52. The van der Waals surface area contributed by atoms with Gasteiger partial charge in [0.1, 0.15) is 5.75 Å². The molecule has 21 heavy (non-hydrogen) atoms. The summed E-state index contributed by atoms with van der Waals surface area (Å²) in [5, 5.41) is 0.